The van der Waals surface area contributed by atoms with Gasteiger partial charge >= 0.3 is 5.97 Å². The molecule has 1 aliphatic rings. The van der Waals surface area contributed by atoms with Gasteiger partial charge in [-0.1, -0.05) is 12.1 Å². The maximum absolute atomic E-state index is 12.6. The minimum atomic E-state index is -0.474. The first-order chi connectivity index (χ1) is 13.9. The number of nitrogens with zero attached hydrogens (tertiary/aromatic N) is 1. The van der Waals surface area contributed by atoms with E-state index in [9.17, 15) is 14.4 Å². The molecule has 2 aromatic rings. The summed E-state index contributed by atoms with van der Waals surface area (Å²) in [4.78, 5) is 38.6. The van der Waals surface area contributed by atoms with Crippen molar-refractivity contribution in [3.8, 4) is 5.75 Å². The number of benzene rings is 2. The Hall–Kier alpha value is -3.35. The predicted molar refractivity (Wildman–Crippen MR) is 109 cm³/mol. The maximum Gasteiger partial charge on any atom is 0.338 e. The second-order valence-corrected chi connectivity index (χ2v) is 7.10. The summed E-state index contributed by atoms with van der Waals surface area (Å²) in [5.74, 6) is -0.662. The molecule has 1 fully saturated rings. The number of hydrogen-bond acceptors (Lipinski definition) is 5. The molecule has 7 nitrogen and oxygen atoms in total. The molecule has 7 heteroatoms. The van der Waals surface area contributed by atoms with Crippen molar-refractivity contribution < 1.29 is 23.9 Å². The summed E-state index contributed by atoms with van der Waals surface area (Å²) in [6.07, 6.45) is -0.0733. The van der Waals surface area contributed by atoms with Crippen molar-refractivity contribution in [2.75, 3.05) is 23.9 Å². The van der Waals surface area contributed by atoms with Crippen LogP contribution in [0, 0.1) is 5.92 Å². The fourth-order valence-electron chi connectivity index (χ4n) is 3.18. The normalized spacial score (nSPS) is 16.1. The van der Waals surface area contributed by atoms with Crippen LogP contribution in [0.15, 0.2) is 48.5 Å². The topological polar surface area (TPSA) is 84.9 Å². The van der Waals surface area contributed by atoms with Gasteiger partial charge in [0.05, 0.1) is 30.4 Å². The molecule has 1 aliphatic heterocycles. The monoisotopic (exact) mass is 396 g/mol. The van der Waals surface area contributed by atoms with Gasteiger partial charge in [-0.15, -0.1) is 0 Å². The van der Waals surface area contributed by atoms with Gasteiger partial charge in [-0.2, -0.15) is 0 Å². The number of methoxy groups -OCH3 is 1. The number of carbonyl (C=O) groups excluding carboxylic acids is 3. The number of amides is 2. The molecule has 0 radical (unpaired) electrons. The lowest BCUT2D eigenvalue weighted by molar-refractivity contribution is -0.122. The zero-order valence-electron chi connectivity index (χ0n) is 16.7. The molecule has 1 unspecified atom stereocenters. The molecule has 0 aliphatic carbocycles. The zero-order valence-corrected chi connectivity index (χ0v) is 16.7. The Bertz CT molecular complexity index is 908. The van der Waals surface area contributed by atoms with E-state index in [1.165, 1.54) is 0 Å². The lowest BCUT2D eigenvalue weighted by Crippen LogP contribution is -2.28. The molecule has 1 atom stereocenters. The van der Waals surface area contributed by atoms with E-state index < -0.39 is 11.9 Å². The molecule has 1 heterocycles. The summed E-state index contributed by atoms with van der Waals surface area (Å²) in [6, 6.07) is 13.7. The maximum atomic E-state index is 12.6. The van der Waals surface area contributed by atoms with E-state index in [0.29, 0.717) is 22.7 Å². The van der Waals surface area contributed by atoms with Gasteiger partial charge < -0.3 is 19.7 Å². The van der Waals surface area contributed by atoms with Gasteiger partial charge in [0.1, 0.15) is 5.75 Å². The molecule has 29 heavy (non-hydrogen) atoms. The number of para-hydroxylation sites is 2. The molecule has 0 bridgehead atoms. The molecule has 1 saturated heterocycles. The van der Waals surface area contributed by atoms with Crippen molar-refractivity contribution in [3.63, 3.8) is 0 Å². The molecular formula is C22H24N2O5. The largest absolute Gasteiger partial charge is 0.495 e. The van der Waals surface area contributed by atoms with Crippen LogP contribution in [0.3, 0.4) is 0 Å². The van der Waals surface area contributed by atoms with E-state index >= 15 is 0 Å². The van der Waals surface area contributed by atoms with E-state index in [2.05, 4.69) is 5.32 Å². The van der Waals surface area contributed by atoms with Crippen LogP contribution in [0.1, 0.15) is 30.6 Å². The SMILES string of the molecule is COc1ccccc1N1CC(C(=O)Nc2ccc(C(=O)OC(C)C)cc2)CC1=O. The number of nitrogens with one attached hydrogen (secondary N) is 1. The molecule has 0 saturated carbocycles. The number of hydrogen-bond donors (Lipinski definition) is 1. The van der Waals surface area contributed by atoms with Crippen LogP contribution in [-0.2, 0) is 14.3 Å². The molecule has 0 spiro atoms. The van der Waals surface area contributed by atoms with Gasteiger partial charge in [-0.25, -0.2) is 4.79 Å². The van der Waals surface area contributed by atoms with Crippen molar-refractivity contribution in [3.05, 3.63) is 54.1 Å². The minimum Gasteiger partial charge on any atom is -0.495 e. The molecule has 1 N–H and O–H groups in total. The van der Waals surface area contributed by atoms with E-state index in [0.717, 1.165) is 0 Å². The first-order valence-corrected chi connectivity index (χ1v) is 9.44. The summed E-state index contributed by atoms with van der Waals surface area (Å²) in [5.41, 5.74) is 1.62. The molecule has 0 aromatic heterocycles. The Morgan fingerprint density at radius 1 is 1.10 bits per heavy atom. The van der Waals surface area contributed by atoms with Crippen molar-refractivity contribution in [2.45, 2.75) is 26.4 Å². The highest BCUT2D eigenvalue weighted by molar-refractivity contribution is 6.04. The first-order valence-electron chi connectivity index (χ1n) is 9.44. The number of ether oxygens (including phenoxy) is 2. The van der Waals surface area contributed by atoms with Crippen molar-refractivity contribution >= 4 is 29.2 Å². The van der Waals surface area contributed by atoms with Crippen molar-refractivity contribution in [1.29, 1.82) is 0 Å². The van der Waals surface area contributed by atoms with Crippen LogP contribution in [0.2, 0.25) is 0 Å². The highest BCUT2D eigenvalue weighted by Gasteiger charge is 2.36. The van der Waals surface area contributed by atoms with Crippen LogP contribution in [0.5, 0.6) is 5.75 Å². The highest BCUT2D eigenvalue weighted by Crippen LogP contribution is 2.33. The lowest BCUT2D eigenvalue weighted by Gasteiger charge is -2.19. The Kier molecular flexibility index (Phi) is 6.16. The van der Waals surface area contributed by atoms with Crippen molar-refractivity contribution in [2.24, 2.45) is 5.92 Å². The first kappa shape index (κ1) is 20.4. The molecule has 152 valence electrons. The van der Waals surface area contributed by atoms with Crippen LogP contribution in [0.4, 0.5) is 11.4 Å². The number of carbonyl (C=O) groups is 3. The van der Waals surface area contributed by atoms with E-state index in [1.54, 1.807) is 62.3 Å². The summed E-state index contributed by atoms with van der Waals surface area (Å²) in [7, 11) is 1.55. The summed E-state index contributed by atoms with van der Waals surface area (Å²) < 4.78 is 10.5. The zero-order chi connectivity index (χ0) is 21.0. The Labute approximate surface area is 169 Å². The van der Waals surface area contributed by atoms with Gasteiger partial charge in [0.15, 0.2) is 0 Å². The average Bonchev–Trinajstić information content (AvgIpc) is 3.09. The van der Waals surface area contributed by atoms with Gasteiger partial charge in [0, 0.05) is 18.7 Å². The Balaban J connectivity index is 1.64. The molecule has 2 aromatic carbocycles. The van der Waals surface area contributed by atoms with E-state index in [4.69, 9.17) is 9.47 Å². The molecule has 3 rings (SSSR count). The Morgan fingerprint density at radius 2 is 1.79 bits per heavy atom. The third-order valence-corrected chi connectivity index (χ3v) is 4.60. The quantitative estimate of drug-likeness (QED) is 0.758. The number of rotatable bonds is 6. The standard InChI is InChI=1S/C22H24N2O5/c1-14(2)29-22(27)15-8-10-17(11-9-15)23-21(26)16-12-20(25)24(13-16)18-6-4-5-7-19(18)28-3/h4-11,14,16H,12-13H2,1-3H3,(H,23,26). The third-order valence-electron chi connectivity index (χ3n) is 4.60. The van der Waals surface area contributed by atoms with E-state index in [1.807, 2.05) is 12.1 Å². The van der Waals surface area contributed by atoms with Crippen molar-refractivity contribution in [1.82, 2.24) is 0 Å². The molecule has 2 amide bonds. The van der Waals surface area contributed by atoms with Crippen LogP contribution >= 0.6 is 0 Å². The second kappa shape index (κ2) is 8.77. The molecular weight excluding hydrogens is 372 g/mol. The summed E-state index contributed by atoms with van der Waals surface area (Å²) in [6.45, 7) is 3.84. The summed E-state index contributed by atoms with van der Waals surface area (Å²) >= 11 is 0. The third kappa shape index (κ3) is 4.74. The number of anilines is 2. The van der Waals surface area contributed by atoms with E-state index in [-0.39, 0.29) is 30.9 Å². The lowest BCUT2D eigenvalue weighted by atomic mass is 10.1. The van der Waals surface area contributed by atoms with Crippen LogP contribution < -0.4 is 15.0 Å². The fraction of sp³-hybridized carbons (Fsp3) is 0.318. The summed E-state index contributed by atoms with van der Waals surface area (Å²) in [5, 5.41) is 2.81. The van der Waals surface area contributed by atoms with Gasteiger partial charge in [0.2, 0.25) is 11.8 Å². The van der Waals surface area contributed by atoms with Gasteiger partial charge in [-0.05, 0) is 50.2 Å². The Morgan fingerprint density at radius 3 is 2.45 bits per heavy atom. The smallest absolute Gasteiger partial charge is 0.338 e. The van der Waals surface area contributed by atoms with Gasteiger partial charge in [-0.3, -0.25) is 9.59 Å². The minimum absolute atomic E-state index is 0.124. The number of esters is 1. The van der Waals surface area contributed by atoms with Crippen LogP contribution in [0.25, 0.3) is 0 Å². The van der Waals surface area contributed by atoms with Gasteiger partial charge in [0.25, 0.3) is 0 Å². The highest BCUT2D eigenvalue weighted by atomic mass is 16.5. The fourth-order valence-corrected chi connectivity index (χ4v) is 3.18. The van der Waals surface area contributed by atoms with Crippen LogP contribution in [-0.4, -0.2) is 37.5 Å². The average molecular weight is 396 g/mol. The second-order valence-electron chi connectivity index (χ2n) is 7.10. The predicted octanol–water partition coefficient (Wildman–Crippen LogP) is 3.25.